The molecule has 2 atom stereocenters. The van der Waals surface area contributed by atoms with Gasteiger partial charge in [0, 0.05) is 0 Å². The van der Waals surface area contributed by atoms with Crippen LogP contribution in [0.25, 0.3) is 0 Å². The van der Waals surface area contributed by atoms with E-state index in [9.17, 15) is 0 Å². The molecule has 0 spiro atoms. The molecule has 1 heteroatoms. The molecule has 0 N–H and O–H groups in total. The molecular formula is C7H12S. The lowest BCUT2D eigenvalue weighted by Gasteiger charge is -2.38. The van der Waals surface area contributed by atoms with E-state index in [-0.39, 0.29) is 0 Å². The summed E-state index contributed by atoms with van der Waals surface area (Å²) in [7, 11) is 0. The van der Waals surface area contributed by atoms with Gasteiger partial charge in [-0.15, -0.1) is 0 Å². The highest BCUT2D eigenvalue weighted by Crippen LogP contribution is 2.38. The SMILES string of the molecule is CC1CC(C)C1C=S. The van der Waals surface area contributed by atoms with Crippen LogP contribution >= 0.6 is 12.2 Å². The molecule has 0 aromatic heterocycles. The lowest BCUT2D eigenvalue weighted by atomic mass is 9.68. The zero-order chi connectivity index (χ0) is 6.15. The van der Waals surface area contributed by atoms with E-state index < -0.39 is 0 Å². The van der Waals surface area contributed by atoms with Gasteiger partial charge in [0.2, 0.25) is 0 Å². The van der Waals surface area contributed by atoms with Crippen molar-refractivity contribution < 1.29 is 0 Å². The molecule has 2 unspecified atom stereocenters. The Hall–Kier alpha value is 0.0900. The monoisotopic (exact) mass is 128 g/mol. The average Bonchev–Trinajstić information content (AvgIpc) is 1.67. The first-order valence-corrected chi connectivity index (χ1v) is 3.68. The molecule has 0 amide bonds. The van der Waals surface area contributed by atoms with Crippen LogP contribution in [0.4, 0.5) is 0 Å². The fraction of sp³-hybridized carbons (Fsp3) is 0.857. The largest absolute Gasteiger partial charge is 0.0932 e. The average molecular weight is 128 g/mol. The normalized spacial score (nSPS) is 45.5. The molecule has 46 valence electrons. The molecule has 0 nitrogen and oxygen atoms in total. The maximum absolute atomic E-state index is 4.85. The maximum Gasteiger partial charge on any atom is -0.00769 e. The third-order valence-electron chi connectivity index (χ3n) is 2.21. The summed E-state index contributed by atoms with van der Waals surface area (Å²) >= 11 is 4.85. The molecule has 1 aliphatic carbocycles. The van der Waals surface area contributed by atoms with E-state index in [0.717, 1.165) is 17.8 Å². The van der Waals surface area contributed by atoms with Crippen LogP contribution in [0.1, 0.15) is 20.3 Å². The lowest BCUT2D eigenvalue weighted by Crippen LogP contribution is -2.33. The van der Waals surface area contributed by atoms with Gasteiger partial charge >= 0.3 is 0 Å². The summed E-state index contributed by atoms with van der Waals surface area (Å²) < 4.78 is 0. The number of hydrogen-bond donors (Lipinski definition) is 0. The van der Waals surface area contributed by atoms with E-state index in [1.54, 1.807) is 0 Å². The fourth-order valence-corrected chi connectivity index (χ4v) is 2.07. The minimum absolute atomic E-state index is 0.741. The third-order valence-corrected chi connectivity index (χ3v) is 2.53. The quantitative estimate of drug-likeness (QED) is 0.488. The van der Waals surface area contributed by atoms with Crippen LogP contribution in [0.3, 0.4) is 0 Å². The van der Waals surface area contributed by atoms with E-state index in [0.29, 0.717) is 0 Å². The molecule has 0 heterocycles. The van der Waals surface area contributed by atoms with Gasteiger partial charge in [0.1, 0.15) is 0 Å². The highest BCUT2D eigenvalue weighted by Gasteiger charge is 2.32. The molecule has 0 radical (unpaired) electrons. The molecule has 1 aliphatic rings. The summed E-state index contributed by atoms with van der Waals surface area (Å²) in [4.78, 5) is 0. The molecule has 1 fully saturated rings. The summed E-state index contributed by atoms with van der Waals surface area (Å²) in [5.74, 6) is 2.47. The predicted molar refractivity (Wildman–Crippen MR) is 40.1 cm³/mol. The zero-order valence-corrected chi connectivity index (χ0v) is 6.24. The van der Waals surface area contributed by atoms with Gasteiger partial charge in [-0.1, -0.05) is 26.1 Å². The molecular weight excluding hydrogens is 116 g/mol. The van der Waals surface area contributed by atoms with Crippen molar-refractivity contribution in [3.8, 4) is 0 Å². The summed E-state index contributed by atoms with van der Waals surface area (Å²) in [6.45, 7) is 4.54. The van der Waals surface area contributed by atoms with Gasteiger partial charge in [-0.05, 0) is 29.5 Å². The lowest BCUT2D eigenvalue weighted by molar-refractivity contribution is 0.173. The van der Waals surface area contributed by atoms with Crippen LogP contribution in [-0.2, 0) is 0 Å². The zero-order valence-electron chi connectivity index (χ0n) is 5.42. The summed E-state index contributed by atoms with van der Waals surface area (Å²) in [6.07, 6.45) is 1.37. The van der Waals surface area contributed by atoms with Gasteiger partial charge in [-0.25, -0.2) is 0 Å². The second-order valence-corrected chi connectivity index (χ2v) is 3.18. The van der Waals surface area contributed by atoms with Crippen molar-refractivity contribution in [1.82, 2.24) is 0 Å². The first-order valence-electron chi connectivity index (χ1n) is 3.21. The van der Waals surface area contributed by atoms with Crippen molar-refractivity contribution in [1.29, 1.82) is 0 Å². The van der Waals surface area contributed by atoms with Crippen molar-refractivity contribution in [2.24, 2.45) is 17.8 Å². The van der Waals surface area contributed by atoms with Crippen molar-refractivity contribution in [2.75, 3.05) is 0 Å². The maximum atomic E-state index is 4.85. The second kappa shape index (κ2) is 2.14. The predicted octanol–water partition coefficient (Wildman–Crippen LogP) is 2.28. The molecule has 1 rings (SSSR count). The van der Waals surface area contributed by atoms with Crippen molar-refractivity contribution >= 4 is 17.6 Å². The summed E-state index contributed by atoms with van der Waals surface area (Å²) in [6, 6.07) is 0. The Bertz CT molecular complexity index is 90.6. The Morgan fingerprint density at radius 3 is 2.00 bits per heavy atom. The van der Waals surface area contributed by atoms with Gasteiger partial charge in [-0.3, -0.25) is 0 Å². The second-order valence-electron chi connectivity index (χ2n) is 2.90. The van der Waals surface area contributed by atoms with Gasteiger partial charge in [0.05, 0.1) is 0 Å². The molecule has 0 bridgehead atoms. The molecule has 0 aromatic carbocycles. The Labute approximate surface area is 56.3 Å². The highest BCUT2D eigenvalue weighted by atomic mass is 32.1. The van der Waals surface area contributed by atoms with Gasteiger partial charge in [0.15, 0.2) is 0 Å². The Morgan fingerprint density at radius 1 is 1.38 bits per heavy atom. The van der Waals surface area contributed by atoms with Crippen molar-refractivity contribution in [2.45, 2.75) is 20.3 Å². The third kappa shape index (κ3) is 0.795. The smallest absolute Gasteiger partial charge is 0.00769 e. The van der Waals surface area contributed by atoms with Gasteiger partial charge in [0.25, 0.3) is 0 Å². The topological polar surface area (TPSA) is 0 Å². The first kappa shape index (κ1) is 6.21. The minimum atomic E-state index is 0.741. The van der Waals surface area contributed by atoms with Gasteiger partial charge < -0.3 is 0 Å². The minimum Gasteiger partial charge on any atom is -0.0932 e. The number of hydrogen-bond acceptors (Lipinski definition) is 1. The van der Waals surface area contributed by atoms with Gasteiger partial charge in [-0.2, -0.15) is 0 Å². The van der Waals surface area contributed by atoms with E-state index in [1.165, 1.54) is 6.42 Å². The number of thiocarbonyl (C=S) groups is 1. The Morgan fingerprint density at radius 2 is 1.88 bits per heavy atom. The van der Waals surface area contributed by atoms with E-state index >= 15 is 0 Å². The first-order chi connectivity index (χ1) is 3.75. The van der Waals surface area contributed by atoms with Crippen molar-refractivity contribution in [3.63, 3.8) is 0 Å². The summed E-state index contributed by atoms with van der Waals surface area (Å²) in [5.41, 5.74) is 0. The summed E-state index contributed by atoms with van der Waals surface area (Å²) in [5, 5.41) is 1.93. The Balaban J connectivity index is 2.39. The van der Waals surface area contributed by atoms with Crippen LogP contribution in [0, 0.1) is 17.8 Å². The standard InChI is InChI=1S/C7H12S/c1-5-3-6(2)7(5)4-8/h4-7H,3H2,1-2H3. The van der Waals surface area contributed by atoms with Crippen LogP contribution in [-0.4, -0.2) is 5.37 Å². The fourth-order valence-electron chi connectivity index (χ4n) is 1.53. The van der Waals surface area contributed by atoms with Crippen LogP contribution in [0.2, 0.25) is 0 Å². The van der Waals surface area contributed by atoms with E-state index in [1.807, 2.05) is 5.37 Å². The molecule has 1 saturated carbocycles. The highest BCUT2D eigenvalue weighted by molar-refractivity contribution is 7.79. The van der Waals surface area contributed by atoms with Crippen LogP contribution < -0.4 is 0 Å². The number of rotatable bonds is 1. The molecule has 0 aliphatic heterocycles. The van der Waals surface area contributed by atoms with Crippen molar-refractivity contribution in [3.05, 3.63) is 0 Å². The Kier molecular flexibility index (Phi) is 1.66. The molecule has 0 saturated heterocycles. The van der Waals surface area contributed by atoms with E-state index in [2.05, 4.69) is 13.8 Å². The van der Waals surface area contributed by atoms with E-state index in [4.69, 9.17) is 12.2 Å². The molecule has 0 aromatic rings. The van der Waals surface area contributed by atoms with Crippen LogP contribution in [0.15, 0.2) is 0 Å². The van der Waals surface area contributed by atoms with Crippen LogP contribution in [0.5, 0.6) is 0 Å². The molecule has 8 heavy (non-hydrogen) atoms.